The molecule has 0 unspecified atom stereocenters. The summed E-state index contributed by atoms with van der Waals surface area (Å²) in [4.78, 5) is 12.6. The van der Waals surface area contributed by atoms with Crippen LogP contribution in [0.3, 0.4) is 0 Å². The number of carbonyl (C=O) groups excluding carboxylic acids is 1. The summed E-state index contributed by atoms with van der Waals surface area (Å²) in [6.07, 6.45) is 4.40. The van der Waals surface area contributed by atoms with E-state index in [1.165, 1.54) is 12.8 Å². The van der Waals surface area contributed by atoms with Crippen LogP contribution in [-0.2, 0) is 0 Å². The number of methoxy groups -OCH3 is 1. The van der Waals surface area contributed by atoms with Crippen molar-refractivity contribution in [3.05, 3.63) is 28.8 Å². The smallest absolute Gasteiger partial charge is 0.168 e. The van der Waals surface area contributed by atoms with E-state index >= 15 is 0 Å². The zero-order valence-electron chi connectivity index (χ0n) is 11.8. The van der Waals surface area contributed by atoms with E-state index in [2.05, 4.69) is 6.92 Å². The number of hydrogen-bond donors (Lipinski definition) is 0. The third-order valence-corrected chi connectivity index (χ3v) is 4.18. The number of rotatable bonds is 3. The summed E-state index contributed by atoms with van der Waals surface area (Å²) in [7, 11) is 1.68. The number of hydrogen-bond acceptors (Lipinski definition) is 2. The molecule has 1 aromatic carbocycles. The minimum absolute atomic E-state index is 0.145. The predicted molar refractivity (Wildman–Crippen MR) is 73.4 cm³/mol. The van der Waals surface area contributed by atoms with Crippen molar-refractivity contribution in [1.82, 2.24) is 0 Å². The lowest BCUT2D eigenvalue weighted by Crippen LogP contribution is -2.24. The zero-order chi connectivity index (χ0) is 13.3. The van der Waals surface area contributed by atoms with Crippen molar-refractivity contribution in [2.24, 2.45) is 5.41 Å². The molecule has 0 amide bonds. The summed E-state index contributed by atoms with van der Waals surface area (Å²) in [5.41, 5.74) is 2.79. The normalized spacial score (nSPS) is 17.8. The Morgan fingerprint density at radius 3 is 2.11 bits per heavy atom. The Kier molecular flexibility index (Phi) is 3.47. The predicted octanol–water partition coefficient (Wildman–Crippen LogP) is 4.08. The number of benzene rings is 1. The lowest BCUT2D eigenvalue weighted by molar-refractivity contribution is 0.0823. The lowest BCUT2D eigenvalue weighted by Gasteiger charge is -2.22. The van der Waals surface area contributed by atoms with E-state index < -0.39 is 0 Å². The summed E-state index contributed by atoms with van der Waals surface area (Å²) in [5, 5.41) is 0. The zero-order valence-corrected chi connectivity index (χ0v) is 11.8. The van der Waals surface area contributed by atoms with E-state index in [9.17, 15) is 4.79 Å². The topological polar surface area (TPSA) is 26.3 Å². The molecule has 1 fully saturated rings. The molecule has 98 valence electrons. The highest BCUT2D eigenvalue weighted by Crippen LogP contribution is 2.41. The quantitative estimate of drug-likeness (QED) is 0.751. The fourth-order valence-corrected chi connectivity index (χ4v) is 3.13. The standard InChI is InChI=1S/C16H22O2/c1-11-9-13(10-12(2)14(11)18-4)15(17)16(3)7-5-6-8-16/h9-10H,5-8H2,1-4H3. The highest BCUT2D eigenvalue weighted by atomic mass is 16.5. The van der Waals surface area contributed by atoms with Gasteiger partial charge in [-0.1, -0.05) is 19.8 Å². The minimum atomic E-state index is -0.145. The van der Waals surface area contributed by atoms with Crippen molar-refractivity contribution < 1.29 is 9.53 Å². The second kappa shape index (κ2) is 4.75. The average molecular weight is 246 g/mol. The van der Waals surface area contributed by atoms with Crippen LogP contribution in [0.5, 0.6) is 5.75 Å². The van der Waals surface area contributed by atoms with Gasteiger partial charge in [-0.2, -0.15) is 0 Å². The Balaban J connectivity index is 2.37. The Labute approximate surface area is 109 Å². The van der Waals surface area contributed by atoms with Crippen LogP contribution < -0.4 is 4.74 Å². The first kappa shape index (κ1) is 13.1. The Hall–Kier alpha value is -1.31. The van der Waals surface area contributed by atoms with Crippen LogP contribution >= 0.6 is 0 Å². The molecule has 1 saturated carbocycles. The molecule has 2 rings (SSSR count). The second-order valence-corrected chi connectivity index (χ2v) is 5.74. The van der Waals surface area contributed by atoms with E-state index in [-0.39, 0.29) is 5.41 Å². The summed E-state index contributed by atoms with van der Waals surface area (Å²) in [6.45, 7) is 6.11. The Morgan fingerprint density at radius 2 is 1.67 bits per heavy atom. The fourth-order valence-electron chi connectivity index (χ4n) is 3.13. The SMILES string of the molecule is COc1c(C)cc(C(=O)C2(C)CCCC2)cc1C. The van der Waals surface area contributed by atoms with Gasteiger partial charge in [-0.05, 0) is 49.9 Å². The van der Waals surface area contributed by atoms with Gasteiger partial charge in [0.1, 0.15) is 5.75 Å². The van der Waals surface area contributed by atoms with Gasteiger partial charge in [-0.3, -0.25) is 4.79 Å². The molecule has 0 atom stereocenters. The number of Topliss-reactive ketones (excluding diaryl/α,β-unsaturated/α-hetero) is 1. The van der Waals surface area contributed by atoms with Crippen molar-refractivity contribution in [3.63, 3.8) is 0 Å². The highest BCUT2D eigenvalue weighted by Gasteiger charge is 2.36. The van der Waals surface area contributed by atoms with Crippen LogP contribution in [0.2, 0.25) is 0 Å². The maximum Gasteiger partial charge on any atom is 0.168 e. The number of carbonyl (C=O) groups is 1. The van der Waals surface area contributed by atoms with E-state index in [0.29, 0.717) is 5.78 Å². The third kappa shape index (κ3) is 2.16. The highest BCUT2D eigenvalue weighted by molar-refractivity contribution is 6.01. The summed E-state index contributed by atoms with van der Waals surface area (Å²) in [6, 6.07) is 3.94. The van der Waals surface area contributed by atoms with Gasteiger partial charge in [0.05, 0.1) is 7.11 Å². The van der Waals surface area contributed by atoms with Gasteiger partial charge in [-0.25, -0.2) is 0 Å². The molecule has 18 heavy (non-hydrogen) atoms. The molecular weight excluding hydrogens is 224 g/mol. The van der Waals surface area contributed by atoms with Gasteiger partial charge in [0, 0.05) is 11.0 Å². The first-order valence-electron chi connectivity index (χ1n) is 6.68. The second-order valence-electron chi connectivity index (χ2n) is 5.74. The number of ketones is 1. The molecule has 0 spiro atoms. The van der Waals surface area contributed by atoms with E-state index in [1.54, 1.807) is 7.11 Å². The van der Waals surface area contributed by atoms with E-state index in [0.717, 1.165) is 35.3 Å². The molecule has 0 saturated heterocycles. The maximum atomic E-state index is 12.6. The van der Waals surface area contributed by atoms with Crippen LogP contribution in [0, 0.1) is 19.3 Å². The van der Waals surface area contributed by atoms with E-state index in [4.69, 9.17) is 4.74 Å². The summed E-state index contributed by atoms with van der Waals surface area (Å²) < 4.78 is 5.35. The summed E-state index contributed by atoms with van der Waals surface area (Å²) in [5.74, 6) is 1.19. The van der Waals surface area contributed by atoms with Crippen molar-refractivity contribution in [2.75, 3.05) is 7.11 Å². The molecule has 1 aliphatic rings. The summed E-state index contributed by atoms with van der Waals surface area (Å²) >= 11 is 0. The molecule has 2 nitrogen and oxygen atoms in total. The number of ether oxygens (including phenoxy) is 1. The molecule has 1 aromatic rings. The molecule has 0 bridgehead atoms. The van der Waals surface area contributed by atoms with Gasteiger partial charge in [0.25, 0.3) is 0 Å². The van der Waals surface area contributed by atoms with Crippen molar-refractivity contribution in [1.29, 1.82) is 0 Å². The molecule has 0 aromatic heterocycles. The molecule has 0 N–H and O–H groups in total. The van der Waals surface area contributed by atoms with Crippen LogP contribution in [-0.4, -0.2) is 12.9 Å². The van der Waals surface area contributed by atoms with Gasteiger partial charge >= 0.3 is 0 Å². The van der Waals surface area contributed by atoms with Crippen LogP contribution in [0.25, 0.3) is 0 Å². The van der Waals surface area contributed by atoms with Crippen LogP contribution in [0.15, 0.2) is 12.1 Å². The first-order chi connectivity index (χ1) is 8.48. The molecule has 0 aliphatic heterocycles. The van der Waals surface area contributed by atoms with Gasteiger partial charge in [0.2, 0.25) is 0 Å². The Morgan fingerprint density at radius 1 is 1.17 bits per heavy atom. The van der Waals surface area contributed by atoms with Gasteiger partial charge in [-0.15, -0.1) is 0 Å². The van der Waals surface area contributed by atoms with Crippen molar-refractivity contribution in [3.8, 4) is 5.75 Å². The first-order valence-corrected chi connectivity index (χ1v) is 6.68. The molecule has 0 heterocycles. The van der Waals surface area contributed by atoms with Crippen molar-refractivity contribution in [2.45, 2.75) is 46.5 Å². The molecular formula is C16H22O2. The van der Waals surface area contributed by atoms with Crippen LogP contribution in [0.4, 0.5) is 0 Å². The van der Waals surface area contributed by atoms with Gasteiger partial charge in [0.15, 0.2) is 5.78 Å². The fraction of sp³-hybridized carbons (Fsp3) is 0.562. The number of aryl methyl sites for hydroxylation is 2. The lowest BCUT2D eigenvalue weighted by atomic mass is 9.80. The average Bonchev–Trinajstić information content (AvgIpc) is 2.76. The third-order valence-electron chi connectivity index (χ3n) is 4.18. The molecule has 2 heteroatoms. The van der Waals surface area contributed by atoms with Crippen molar-refractivity contribution >= 4 is 5.78 Å². The molecule has 1 aliphatic carbocycles. The largest absolute Gasteiger partial charge is 0.496 e. The monoisotopic (exact) mass is 246 g/mol. The van der Waals surface area contributed by atoms with Crippen LogP contribution in [0.1, 0.15) is 54.1 Å². The Bertz CT molecular complexity index is 445. The minimum Gasteiger partial charge on any atom is -0.496 e. The van der Waals surface area contributed by atoms with E-state index in [1.807, 2.05) is 26.0 Å². The van der Waals surface area contributed by atoms with Gasteiger partial charge < -0.3 is 4.74 Å². The maximum absolute atomic E-state index is 12.6. The molecule has 0 radical (unpaired) electrons.